The fourth-order valence-electron chi connectivity index (χ4n) is 0.853. The van der Waals surface area contributed by atoms with E-state index in [2.05, 4.69) is 25.3 Å². The molecule has 2 amide bonds. The Morgan fingerprint density at radius 1 is 1.44 bits per heavy atom. The lowest BCUT2D eigenvalue weighted by Gasteiger charge is -2.00. The SMILES string of the molecule is Cc1nc(CNC(=O)C(=O)NCC#N)no1. The van der Waals surface area contributed by atoms with Crippen molar-refractivity contribution >= 4 is 11.8 Å². The molecule has 1 heterocycles. The Kier molecular flexibility index (Phi) is 3.97. The van der Waals surface area contributed by atoms with Gasteiger partial charge in [-0.1, -0.05) is 5.16 Å². The van der Waals surface area contributed by atoms with Crippen LogP contribution in [0.5, 0.6) is 0 Å². The van der Waals surface area contributed by atoms with Crippen LogP contribution in [0.2, 0.25) is 0 Å². The number of nitrogens with one attached hydrogen (secondary N) is 2. The average Bonchev–Trinajstić information content (AvgIpc) is 2.68. The molecule has 16 heavy (non-hydrogen) atoms. The van der Waals surface area contributed by atoms with Crippen LogP contribution in [0.3, 0.4) is 0 Å². The molecule has 0 saturated heterocycles. The van der Waals surface area contributed by atoms with E-state index in [1.165, 1.54) is 0 Å². The molecule has 1 aromatic rings. The number of nitriles is 1. The first-order valence-electron chi connectivity index (χ1n) is 4.35. The first kappa shape index (κ1) is 11.6. The third kappa shape index (κ3) is 3.38. The summed E-state index contributed by atoms with van der Waals surface area (Å²) in [5.41, 5.74) is 0. The fourth-order valence-corrected chi connectivity index (χ4v) is 0.853. The lowest BCUT2D eigenvalue weighted by molar-refractivity contribution is -0.139. The number of aromatic nitrogens is 2. The average molecular weight is 223 g/mol. The lowest BCUT2D eigenvalue weighted by atomic mass is 10.5. The molecule has 0 unspecified atom stereocenters. The maximum Gasteiger partial charge on any atom is 0.310 e. The Hall–Kier alpha value is -2.43. The van der Waals surface area contributed by atoms with E-state index in [1.807, 2.05) is 0 Å². The first-order chi connectivity index (χ1) is 7.63. The number of rotatable bonds is 3. The van der Waals surface area contributed by atoms with Gasteiger partial charge in [0.1, 0.15) is 6.54 Å². The van der Waals surface area contributed by atoms with E-state index in [0.29, 0.717) is 5.89 Å². The van der Waals surface area contributed by atoms with Crippen molar-refractivity contribution < 1.29 is 14.1 Å². The van der Waals surface area contributed by atoms with Gasteiger partial charge in [-0.15, -0.1) is 0 Å². The second kappa shape index (κ2) is 5.45. The summed E-state index contributed by atoms with van der Waals surface area (Å²) < 4.78 is 4.67. The van der Waals surface area contributed by atoms with Crippen molar-refractivity contribution in [2.24, 2.45) is 0 Å². The highest BCUT2D eigenvalue weighted by Crippen LogP contribution is 1.93. The second-order valence-electron chi connectivity index (χ2n) is 2.75. The molecule has 1 rings (SSSR count). The minimum absolute atomic E-state index is 0.00382. The molecule has 0 aliphatic rings. The zero-order valence-corrected chi connectivity index (χ0v) is 8.48. The highest BCUT2D eigenvalue weighted by molar-refractivity contribution is 6.35. The van der Waals surface area contributed by atoms with Gasteiger partial charge >= 0.3 is 11.8 Å². The third-order valence-corrected chi connectivity index (χ3v) is 1.51. The summed E-state index contributed by atoms with van der Waals surface area (Å²) in [6.45, 7) is 1.39. The maximum absolute atomic E-state index is 11.1. The lowest BCUT2D eigenvalue weighted by Crippen LogP contribution is -2.39. The molecule has 2 N–H and O–H groups in total. The van der Waals surface area contributed by atoms with Gasteiger partial charge in [0.2, 0.25) is 5.89 Å². The summed E-state index contributed by atoms with van der Waals surface area (Å²) in [4.78, 5) is 25.9. The van der Waals surface area contributed by atoms with Crippen molar-refractivity contribution in [1.82, 2.24) is 20.8 Å². The molecule has 0 saturated carbocycles. The molecule has 0 aliphatic carbocycles. The summed E-state index contributed by atoms with van der Waals surface area (Å²) in [5.74, 6) is -1.07. The monoisotopic (exact) mass is 223 g/mol. The number of hydrogen-bond acceptors (Lipinski definition) is 6. The van der Waals surface area contributed by atoms with Gasteiger partial charge < -0.3 is 15.2 Å². The zero-order valence-electron chi connectivity index (χ0n) is 8.48. The molecule has 0 radical (unpaired) electrons. The van der Waals surface area contributed by atoms with Crippen molar-refractivity contribution in [3.8, 4) is 6.07 Å². The highest BCUT2D eigenvalue weighted by atomic mass is 16.5. The van der Waals surface area contributed by atoms with Crippen LogP contribution in [0.25, 0.3) is 0 Å². The van der Waals surface area contributed by atoms with Gasteiger partial charge in [-0.05, 0) is 0 Å². The highest BCUT2D eigenvalue weighted by Gasteiger charge is 2.13. The minimum Gasteiger partial charge on any atom is -0.340 e. The van der Waals surface area contributed by atoms with Gasteiger partial charge in [0.15, 0.2) is 5.82 Å². The topological polar surface area (TPSA) is 121 Å². The van der Waals surface area contributed by atoms with Crippen LogP contribution in [0, 0.1) is 18.3 Å². The Bertz CT molecular complexity index is 433. The molecule has 0 atom stereocenters. The van der Waals surface area contributed by atoms with E-state index < -0.39 is 11.8 Å². The van der Waals surface area contributed by atoms with Crippen LogP contribution >= 0.6 is 0 Å². The molecule has 1 aromatic heterocycles. The molecule has 8 heteroatoms. The number of carbonyl (C=O) groups excluding carboxylic acids is 2. The van der Waals surface area contributed by atoms with Crippen LogP contribution in [-0.4, -0.2) is 28.5 Å². The summed E-state index contributed by atoms with van der Waals surface area (Å²) >= 11 is 0. The quantitative estimate of drug-likeness (QED) is 0.482. The van der Waals surface area contributed by atoms with Gasteiger partial charge in [-0.3, -0.25) is 9.59 Å². The van der Waals surface area contributed by atoms with Crippen molar-refractivity contribution in [2.75, 3.05) is 6.54 Å². The third-order valence-electron chi connectivity index (χ3n) is 1.51. The van der Waals surface area contributed by atoms with Gasteiger partial charge in [0.05, 0.1) is 12.6 Å². The number of carbonyl (C=O) groups is 2. The Morgan fingerprint density at radius 2 is 2.12 bits per heavy atom. The molecule has 0 aromatic carbocycles. The van der Waals surface area contributed by atoms with Crippen molar-refractivity contribution in [2.45, 2.75) is 13.5 Å². The standard InChI is InChI=1S/C8H9N5O3/c1-5-12-6(13-16-5)4-11-8(15)7(14)10-3-2-9/h3-4H2,1H3,(H,10,14)(H,11,15). The largest absolute Gasteiger partial charge is 0.340 e. The molecular formula is C8H9N5O3. The van der Waals surface area contributed by atoms with Crippen LogP contribution in [-0.2, 0) is 16.1 Å². The molecule has 8 nitrogen and oxygen atoms in total. The van der Waals surface area contributed by atoms with Gasteiger partial charge in [0, 0.05) is 6.92 Å². The number of hydrogen-bond donors (Lipinski definition) is 2. The number of amides is 2. The summed E-state index contributed by atoms with van der Waals surface area (Å²) in [6, 6.07) is 1.68. The van der Waals surface area contributed by atoms with E-state index in [4.69, 9.17) is 5.26 Å². The van der Waals surface area contributed by atoms with Crippen molar-refractivity contribution in [1.29, 1.82) is 5.26 Å². The molecular weight excluding hydrogens is 214 g/mol. The predicted octanol–water partition coefficient (Wildman–Crippen LogP) is -1.37. The summed E-state index contributed by atoms with van der Waals surface area (Å²) in [5, 5.41) is 16.1. The van der Waals surface area contributed by atoms with Crippen LogP contribution in [0.1, 0.15) is 11.7 Å². The predicted molar refractivity (Wildman–Crippen MR) is 49.5 cm³/mol. The maximum atomic E-state index is 11.1. The Balaban J connectivity index is 2.35. The normalized spacial score (nSPS) is 9.25. The van der Waals surface area contributed by atoms with Crippen LogP contribution < -0.4 is 10.6 Å². The summed E-state index contributed by atoms with van der Waals surface area (Å²) in [6.07, 6.45) is 0. The van der Waals surface area contributed by atoms with Crippen LogP contribution in [0.15, 0.2) is 4.52 Å². The van der Waals surface area contributed by atoms with Gasteiger partial charge in [0.25, 0.3) is 0 Å². The summed E-state index contributed by atoms with van der Waals surface area (Å²) in [7, 11) is 0. The fraction of sp³-hybridized carbons (Fsp3) is 0.375. The van der Waals surface area contributed by atoms with Crippen LogP contribution in [0.4, 0.5) is 0 Å². The van der Waals surface area contributed by atoms with E-state index in [9.17, 15) is 9.59 Å². The molecule has 0 fully saturated rings. The Morgan fingerprint density at radius 3 is 2.69 bits per heavy atom. The van der Waals surface area contributed by atoms with Gasteiger partial charge in [-0.2, -0.15) is 10.2 Å². The van der Waals surface area contributed by atoms with Gasteiger partial charge in [-0.25, -0.2) is 0 Å². The molecule has 0 spiro atoms. The first-order valence-corrected chi connectivity index (χ1v) is 4.35. The number of aryl methyl sites for hydroxylation is 1. The number of nitrogens with zero attached hydrogens (tertiary/aromatic N) is 3. The van der Waals surface area contributed by atoms with E-state index in [1.54, 1.807) is 13.0 Å². The zero-order chi connectivity index (χ0) is 12.0. The Labute approximate surface area is 90.6 Å². The van der Waals surface area contributed by atoms with Crippen molar-refractivity contribution in [3.05, 3.63) is 11.7 Å². The molecule has 0 bridgehead atoms. The second-order valence-corrected chi connectivity index (χ2v) is 2.75. The van der Waals surface area contributed by atoms with Crippen molar-refractivity contribution in [3.63, 3.8) is 0 Å². The van der Waals surface area contributed by atoms with E-state index >= 15 is 0 Å². The van der Waals surface area contributed by atoms with E-state index in [-0.39, 0.29) is 18.9 Å². The minimum atomic E-state index is -0.873. The van der Waals surface area contributed by atoms with E-state index in [0.717, 1.165) is 0 Å². The molecule has 84 valence electrons. The molecule has 0 aliphatic heterocycles. The smallest absolute Gasteiger partial charge is 0.310 e.